The molecule has 3 aromatic rings. The SMILES string of the molecule is COCCN1C(=O)N(c2cncc3cnn(C)c23)C(=O)C2SC(c3cc(OC)c(F)cc3Cl)=CC21. The van der Waals surface area contributed by atoms with Gasteiger partial charge < -0.3 is 14.4 Å². The van der Waals surface area contributed by atoms with Gasteiger partial charge in [-0.25, -0.2) is 14.1 Å². The van der Waals surface area contributed by atoms with Crippen LogP contribution in [0.4, 0.5) is 14.9 Å². The number of nitrogens with zero attached hydrogens (tertiary/aromatic N) is 5. The van der Waals surface area contributed by atoms with Crippen molar-refractivity contribution < 1.29 is 23.5 Å². The lowest BCUT2D eigenvalue weighted by atomic mass is 10.0. The molecule has 3 amide bonds. The topological polar surface area (TPSA) is 89.8 Å². The quantitative estimate of drug-likeness (QED) is 0.492. The summed E-state index contributed by atoms with van der Waals surface area (Å²) in [4.78, 5) is 35.1. The molecule has 1 fully saturated rings. The van der Waals surface area contributed by atoms with Gasteiger partial charge in [-0.15, -0.1) is 11.8 Å². The number of thioether (sulfide) groups is 1. The Balaban J connectivity index is 1.58. The fourth-order valence-electron chi connectivity index (χ4n) is 4.37. The molecule has 4 heterocycles. The van der Waals surface area contributed by atoms with E-state index in [-0.39, 0.29) is 29.8 Å². The van der Waals surface area contributed by atoms with E-state index in [9.17, 15) is 14.0 Å². The molecule has 35 heavy (non-hydrogen) atoms. The van der Waals surface area contributed by atoms with E-state index in [0.29, 0.717) is 27.1 Å². The Hall–Kier alpha value is -3.15. The molecule has 1 aromatic carbocycles. The molecule has 0 radical (unpaired) electrons. The van der Waals surface area contributed by atoms with Gasteiger partial charge >= 0.3 is 6.03 Å². The first kappa shape index (κ1) is 23.6. The van der Waals surface area contributed by atoms with Gasteiger partial charge in [-0.05, 0) is 18.2 Å². The van der Waals surface area contributed by atoms with E-state index in [2.05, 4.69) is 10.1 Å². The maximum Gasteiger partial charge on any atom is 0.332 e. The second-order valence-electron chi connectivity index (χ2n) is 8.03. The van der Waals surface area contributed by atoms with Crippen molar-refractivity contribution in [2.24, 2.45) is 7.05 Å². The molecule has 5 rings (SSSR count). The van der Waals surface area contributed by atoms with Crippen LogP contribution in [0.25, 0.3) is 15.8 Å². The average Bonchev–Trinajstić information content (AvgIpc) is 3.44. The number of hydrogen-bond donors (Lipinski definition) is 0. The Morgan fingerprint density at radius 2 is 2.00 bits per heavy atom. The second kappa shape index (κ2) is 9.14. The van der Waals surface area contributed by atoms with Crippen LogP contribution in [0.15, 0.2) is 36.8 Å². The summed E-state index contributed by atoms with van der Waals surface area (Å²) in [5.41, 5.74) is 1.50. The van der Waals surface area contributed by atoms with Crippen molar-refractivity contribution in [3.63, 3.8) is 0 Å². The van der Waals surface area contributed by atoms with Crippen LogP contribution >= 0.6 is 23.4 Å². The zero-order chi connectivity index (χ0) is 24.9. The highest BCUT2D eigenvalue weighted by Crippen LogP contribution is 2.47. The third-order valence-electron chi connectivity index (χ3n) is 6.05. The third kappa shape index (κ3) is 3.83. The molecule has 2 atom stereocenters. The normalized spacial score (nSPS) is 20.0. The van der Waals surface area contributed by atoms with Crippen LogP contribution in [0.2, 0.25) is 5.02 Å². The summed E-state index contributed by atoms with van der Waals surface area (Å²) in [5, 5.41) is 4.49. The van der Waals surface area contributed by atoms with Gasteiger partial charge in [-0.1, -0.05) is 11.6 Å². The van der Waals surface area contributed by atoms with E-state index < -0.39 is 23.1 Å². The Kier molecular flexibility index (Phi) is 6.16. The number of amides is 3. The lowest BCUT2D eigenvalue weighted by Gasteiger charge is -2.41. The van der Waals surface area contributed by atoms with Gasteiger partial charge in [0, 0.05) is 42.8 Å². The number of fused-ring (bicyclic) bond motifs is 2. The molecule has 182 valence electrons. The van der Waals surface area contributed by atoms with Gasteiger partial charge in [0.25, 0.3) is 5.91 Å². The summed E-state index contributed by atoms with van der Waals surface area (Å²) in [5.74, 6) is -0.932. The summed E-state index contributed by atoms with van der Waals surface area (Å²) in [6.07, 6.45) is 6.57. The van der Waals surface area contributed by atoms with Gasteiger partial charge in [0.15, 0.2) is 11.6 Å². The van der Waals surface area contributed by atoms with Crippen LogP contribution in [0, 0.1) is 5.82 Å². The lowest BCUT2D eigenvalue weighted by Crippen LogP contribution is -2.62. The fraction of sp³-hybridized carbons (Fsp3) is 0.304. The third-order valence-corrected chi connectivity index (χ3v) is 7.71. The molecular formula is C23H21ClFN5O4S. The van der Waals surface area contributed by atoms with E-state index in [1.807, 2.05) is 6.08 Å². The highest BCUT2D eigenvalue weighted by atomic mass is 35.5. The van der Waals surface area contributed by atoms with Crippen molar-refractivity contribution in [3.8, 4) is 5.75 Å². The van der Waals surface area contributed by atoms with Crippen LogP contribution in [-0.4, -0.2) is 70.3 Å². The largest absolute Gasteiger partial charge is 0.494 e. The van der Waals surface area contributed by atoms with Crippen LogP contribution in [0.5, 0.6) is 5.75 Å². The highest BCUT2D eigenvalue weighted by molar-refractivity contribution is 8.09. The van der Waals surface area contributed by atoms with Crippen molar-refractivity contribution in [2.45, 2.75) is 11.3 Å². The highest BCUT2D eigenvalue weighted by Gasteiger charge is 2.50. The number of benzene rings is 1. The molecular weight excluding hydrogens is 497 g/mol. The standard InChI is InChI=1S/C23H21ClFN5O4S/c1-28-20-12(10-27-28)9-26-11-17(20)30-22(31)21-16(29(23(30)32)4-5-33-2)8-19(35-21)13-6-18(34-3)15(25)7-14(13)24/h6-11,16,21H,4-5H2,1-3H3. The number of anilines is 1. The summed E-state index contributed by atoms with van der Waals surface area (Å²) in [6, 6.07) is 1.66. The fourth-order valence-corrected chi connectivity index (χ4v) is 6.04. The number of pyridine rings is 1. The molecule has 2 aromatic heterocycles. The average molecular weight is 518 g/mol. The summed E-state index contributed by atoms with van der Waals surface area (Å²) in [6.45, 7) is 0.546. The Bertz CT molecular complexity index is 1380. The minimum absolute atomic E-state index is 0.0370. The van der Waals surface area contributed by atoms with E-state index in [4.69, 9.17) is 21.1 Å². The summed E-state index contributed by atoms with van der Waals surface area (Å²) < 4.78 is 26.1. The second-order valence-corrected chi connectivity index (χ2v) is 9.62. The van der Waals surface area contributed by atoms with Crippen LogP contribution < -0.4 is 9.64 Å². The number of halogens is 2. The molecule has 12 heteroatoms. The van der Waals surface area contributed by atoms with Gasteiger partial charge in [-0.3, -0.25) is 14.5 Å². The van der Waals surface area contributed by atoms with Gasteiger partial charge in [0.05, 0.1) is 48.4 Å². The molecule has 0 saturated carbocycles. The predicted octanol–water partition coefficient (Wildman–Crippen LogP) is 3.71. The van der Waals surface area contributed by atoms with Gasteiger partial charge in [-0.2, -0.15) is 5.10 Å². The number of aryl methyl sites for hydroxylation is 1. The van der Waals surface area contributed by atoms with E-state index in [1.54, 1.807) is 36.1 Å². The van der Waals surface area contributed by atoms with Crippen LogP contribution in [0.3, 0.4) is 0 Å². The van der Waals surface area contributed by atoms with Crippen molar-refractivity contribution in [3.05, 3.63) is 53.2 Å². The number of carbonyl (C=O) groups excluding carboxylic acids is 2. The number of imide groups is 1. The number of hydrogen-bond acceptors (Lipinski definition) is 7. The first-order valence-electron chi connectivity index (χ1n) is 10.7. The van der Waals surface area contributed by atoms with Crippen molar-refractivity contribution >= 4 is 56.8 Å². The molecule has 9 nitrogen and oxygen atoms in total. The number of urea groups is 1. The smallest absolute Gasteiger partial charge is 0.332 e. The Morgan fingerprint density at radius 3 is 2.74 bits per heavy atom. The van der Waals surface area contributed by atoms with Crippen molar-refractivity contribution in [1.82, 2.24) is 19.7 Å². The minimum atomic E-state index is -0.643. The number of carbonyl (C=O) groups is 2. The minimum Gasteiger partial charge on any atom is -0.494 e. The van der Waals surface area contributed by atoms with Crippen molar-refractivity contribution in [2.75, 3.05) is 32.3 Å². The van der Waals surface area contributed by atoms with Crippen LogP contribution in [0.1, 0.15) is 5.56 Å². The van der Waals surface area contributed by atoms with Crippen molar-refractivity contribution in [1.29, 1.82) is 0 Å². The molecule has 0 N–H and O–H groups in total. The number of rotatable bonds is 6. The predicted molar refractivity (Wildman–Crippen MR) is 131 cm³/mol. The molecule has 2 unspecified atom stereocenters. The Morgan fingerprint density at radius 1 is 1.20 bits per heavy atom. The molecule has 1 saturated heterocycles. The monoisotopic (exact) mass is 517 g/mol. The first-order valence-corrected chi connectivity index (χ1v) is 11.9. The van der Waals surface area contributed by atoms with E-state index in [1.165, 1.54) is 37.2 Å². The molecule has 2 aliphatic heterocycles. The van der Waals surface area contributed by atoms with Gasteiger partial charge in [0.1, 0.15) is 5.25 Å². The summed E-state index contributed by atoms with van der Waals surface area (Å²) >= 11 is 7.63. The van der Waals surface area contributed by atoms with E-state index in [0.717, 1.165) is 4.90 Å². The van der Waals surface area contributed by atoms with E-state index >= 15 is 0 Å². The molecule has 0 bridgehead atoms. The molecule has 0 spiro atoms. The lowest BCUT2D eigenvalue weighted by molar-refractivity contribution is -0.119. The zero-order valence-corrected chi connectivity index (χ0v) is 20.6. The zero-order valence-electron chi connectivity index (χ0n) is 19.1. The Labute approximate surface area is 209 Å². The maximum atomic E-state index is 14.1. The maximum absolute atomic E-state index is 14.1. The molecule has 0 aliphatic carbocycles. The molecule has 2 aliphatic rings. The number of methoxy groups -OCH3 is 2. The van der Waals surface area contributed by atoms with Crippen LogP contribution in [-0.2, 0) is 16.6 Å². The first-order chi connectivity index (χ1) is 16.8. The number of aromatic nitrogens is 3. The van der Waals surface area contributed by atoms with Gasteiger partial charge in [0.2, 0.25) is 0 Å². The number of ether oxygens (including phenoxy) is 2. The summed E-state index contributed by atoms with van der Waals surface area (Å²) in [7, 11) is 4.65.